The summed E-state index contributed by atoms with van der Waals surface area (Å²) in [5.41, 5.74) is 1.41. The topological polar surface area (TPSA) is 87.1 Å². The zero-order valence-electron chi connectivity index (χ0n) is 15.3. The normalized spacial score (nSPS) is 10.2. The van der Waals surface area contributed by atoms with Crippen LogP contribution in [0.4, 0.5) is 0 Å². The zero-order chi connectivity index (χ0) is 18.9. The second-order valence-corrected chi connectivity index (χ2v) is 5.65. The van der Waals surface area contributed by atoms with Gasteiger partial charge in [-0.3, -0.25) is 0 Å². The van der Waals surface area contributed by atoms with E-state index in [0.29, 0.717) is 0 Å². The van der Waals surface area contributed by atoms with E-state index in [1.165, 1.54) is 31.5 Å². The molecular formula is C19H31NO5. The summed E-state index contributed by atoms with van der Waals surface area (Å²) in [4.78, 5) is 20.7. The van der Waals surface area contributed by atoms with Crippen LogP contribution < -0.4 is 0 Å². The van der Waals surface area contributed by atoms with Crippen LogP contribution in [-0.4, -0.2) is 59.9 Å². The number of hydrogen-bond donors (Lipinski definition) is 2. The molecule has 0 aliphatic rings. The molecule has 0 fully saturated rings. The predicted octanol–water partition coefficient (Wildman–Crippen LogP) is 2.91. The molecule has 0 amide bonds. The molecule has 1 rings (SSSR count). The Labute approximate surface area is 150 Å². The highest BCUT2D eigenvalue weighted by Crippen LogP contribution is 2.02. The number of carboxylic acids is 2. The highest BCUT2D eigenvalue weighted by Gasteiger charge is 2.04. The van der Waals surface area contributed by atoms with Crippen LogP contribution in [0.25, 0.3) is 0 Å². The van der Waals surface area contributed by atoms with Gasteiger partial charge in [0.05, 0.1) is 6.61 Å². The molecule has 1 aromatic rings. The van der Waals surface area contributed by atoms with E-state index in [-0.39, 0.29) is 0 Å². The fourth-order valence-corrected chi connectivity index (χ4v) is 2.29. The Kier molecular flexibility index (Phi) is 14.4. The Morgan fingerprint density at radius 2 is 1.48 bits per heavy atom. The van der Waals surface area contributed by atoms with Crippen LogP contribution in [0, 0.1) is 0 Å². The molecule has 2 N–H and O–H groups in total. The van der Waals surface area contributed by atoms with Crippen molar-refractivity contribution in [3.8, 4) is 0 Å². The quantitative estimate of drug-likeness (QED) is 0.470. The van der Waals surface area contributed by atoms with E-state index in [1.807, 2.05) is 0 Å². The minimum atomic E-state index is -1.82. The maximum atomic E-state index is 9.10. The minimum absolute atomic E-state index is 0.870. The van der Waals surface area contributed by atoms with E-state index in [0.717, 1.165) is 32.6 Å². The second kappa shape index (κ2) is 15.6. The van der Waals surface area contributed by atoms with Crippen molar-refractivity contribution >= 4 is 11.9 Å². The number of carboxylic acid groups (broad SMARTS) is 2. The summed E-state index contributed by atoms with van der Waals surface area (Å²) in [7, 11) is 0. The fourth-order valence-electron chi connectivity index (χ4n) is 2.29. The smallest absolute Gasteiger partial charge is 0.414 e. The number of aliphatic carboxylic acids is 2. The first-order valence-corrected chi connectivity index (χ1v) is 8.81. The number of aryl methyl sites for hydroxylation is 1. The standard InChI is InChI=1S/C17H29NO.C2H2O4/c1-3-12-18(13-4-2)14-16-19-15-8-11-17-9-6-5-7-10-17;3-1(4)2(5)6/h5-7,9-10H,3-4,8,11-16H2,1-2H3;(H,3,4)(H,5,6). The lowest BCUT2D eigenvalue weighted by atomic mass is 10.1. The van der Waals surface area contributed by atoms with Crippen molar-refractivity contribution in [2.45, 2.75) is 39.5 Å². The molecule has 0 aliphatic carbocycles. The first kappa shape index (κ1) is 23.1. The lowest BCUT2D eigenvalue weighted by Gasteiger charge is -2.20. The fraction of sp³-hybridized carbons (Fsp3) is 0.579. The third-order valence-electron chi connectivity index (χ3n) is 3.41. The first-order valence-electron chi connectivity index (χ1n) is 8.81. The molecule has 0 heterocycles. The molecule has 6 heteroatoms. The molecule has 0 radical (unpaired) electrons. The van der Waals surface area contributed by atoms with Crippen LogP contribution in [0.5, 0.6) is 0 Å². The van der Waals surface area contributed by atoms with Crippen molar-refractivity contribution < 1.29 is 24.5 Å². The summed E-state index contributed by atoms with van der Waals surface area (Å²) in [6.07, 6.45) is 4.70. The van der Waals surface area contributed by atoms with E-state index in [2.05, 4.69) is 49.1 Å². The summed E-state index contributed by atoms with van der Waals surface area (Å²) in [6.45, 7) is 9.69. The third-order valence-corrected chi connectivity index (χ3v) is 3.41. The predicted molar refractivity (Wildman–Crippen MR) is 97.9 cm³/mol. The van der Waals surface area contributed by atoms with Gasteiger partial charge in [-0.2, -0.15) is 0 Å². The van der Waals surface area contributed by atoms with Gasteiger partial charge in [0.2, 0.25) is 0 Å². The number of rotatable bonds is 11. The van der Waals surface area contributed by atoms with Crippen LogP contribution in [0.15, 0.2) is 30.3 Å². The van der Waals surface area contributed by atoms with Gasteiger partial charge in [0.1, 0.15) is 0 Å². The van der Waals surface area contributed by atoms with Gasteiger partial charge in [0, 0.05) is 13.2 Å². The van der Waals surface area contributed by atoms with Gasteiger partial charge in [-0.1, -0.05) is 44.2 Å². The molecule has 0 bridgehead atoms. The molecule has 0 atom stereocenters. The van der Waals surface area contributed by atoms with Gasteiger partial charge in [-0.15, -0.1) is 0 Å². The molecule has 0 aliphatic heterocycles. The van der Waals surface area contributed by atoms with E-state index < -0.39 is 11.9 Å². The molecule has 25 heavy (non-hydrogen) atoms. The Bertz CT molecular complexity index is 446. The van der Waals surface area contributed by atoms with Crippen LogP contribution in [-0.2, 0) is 20.7 Å². The SMILES string of the molecule is CCCN(CCC)CCOCCCc1ccccc1.O=C(O)C(=O)O. The summed E-state index contributed by atoms with van der Waals surface area (Å²) >= 11 is 0. The minimum Gasteiger partial charge on any atom is -0.473 e. The number of benzene rings is 1. The Morgan fingerprint density at radius 1 is 0.920 bits per heavy atom. The van der Waals surface area contributed by atoms with Gasteiger partial charge in [0.15, 0.2) is 0 Å². The van der Waals surface area contributed by atoms with Crippen LogP contribution in [0.1, 0.15) is 38.7 Å². The maximum absolute atomic E-state index is 9.10. The van der Waals surface area contributed by atoms with Crippen molar-refractivity contribution in [2.75, 3.05) is 32.8 Å². The molecule has 1 aromatic carbocycles. The molecule has 142 valence electrons. The van der Waals surface area contributed by atoms with Crippen molar-refractivity contribution in [2.24, 2.45) is 0 Å². The van der Waals surface area contributed by atoms with Crippen molar-refractivity contribution in [3.05, 3.63) is 35.9 Å². The molecule has 0 spiro atoms. The number of nitrogens with zero attached hydrogens (tertiary/aromatic N) is 1. The number of carbonyl (C=O) groups is 2. The van der Waals surface area contributed by atoms with Crippen molar-refractivity contribution in [3.63, 3.8) is 0 Å². The molecule has 0 aromatic heterocycles. The highest BCUT2D eigenvalue weighted by atomic mass is 16.5. The third kappa shape index (κ3) is 14.2. The lowest BCUT2D eigenvalue weighted by Crippen LogP contribution is -2.29. The summed E-state index contributed by atoms with van der Waals surface area (Å²) in [6, 6.07) is 10.6. The monoisotopic (exact) mass is 353 g/mol. The Morgan fingerprint density at radius 3 is 1.96 bits per heavy atom. The average molecular weight is 353 g/mol. The molecule has 6 nitrogen and oxygen atoms in total. The van der Waals surface area contributed by atoms with Crippen molar-refractivity contribution in [1.82, 2.24) is 4.90 Å². The van der Waals surface area contributed by atoms with E-state index in [9.17, 15) is 0 Å². The van der Waals surface area contributed by atoms with Gasteiger partial charge in [-0.25, -0.2) is 9.59 Å². The van der Waals surface area contributed by atoms with Crippen molar-refractivity contribution in [1.29, 1.82) is 0 Å². The Balaban J connectivity index is 0.000000823. The van der Waals surface area contributed by atoms with Crippen LogP contribution in [0.2, 0.25) is 0 Å². The van der Waals surface area contributed by atoms with Crippen LogP contribution in [0.3, 0.4) is 0 Å². The van der Waals surface area contributed by atoms with E-state index >= 15 is 0 Å². The molecule has 0 saturated heterocycles. The second-order valence-electron chi connectivity index (χ2n) is 5.65. The summed E-state index contributed by atoms with van der Waals surface area (Å²) in [5, 5.41) is 14.8. The van der Waals surface area contributed by atoms with E-state index in [4.69, 9.17) is 24.5 Å². The molecule has 0 saturated carbocycles. The number of ether oxygens (including phenoxy) is 1. The summed E-state index contributed by atoms with van der Waals surface area (Å²) < 4.78 is 5.74. The molecular weight excluding hydrogens is 322 g/mol. The maximum Gasteiger partial charge on any atom is 0.414 e. The van der Waals surface area contributed by atoms with E-state index in [1.54, 1.807) is 0 Å². The van der Waals surface area contributed by atoms with Gasteiger partial charge in [-0.05, 0) is 44.3 Å². The highest BCUT2D eigenvalue weighted by molar-refractivity contribution is 6.27. The van der Waals surface area contributed by atoms with Crippen LogP contribution >= 0.6 is 0 Å². The zero-order valence-corrected chi connectivity index (χ0v) is 15.3. The largest absolute Gasteiger partial charge is 0.473 e. The number of hydrogen-bond acceptors (Lipinski definition) is 4. The first-order chi connectivity index (χ1) is 12.0. The Hall–Kier alpha value is -1.92. The average Bonchev–Trinajstić information content (AvgIpc) is 2.59. The molecule has 0 unspecified atom stereocenters. The summed E-state index contributed by atoms with van der Waals surface area (Å²) in [5.74, 6) is -3.65. The van der Waals surface area contributed by atoms with Gasteiger partial charge >= 0.3 is 11.9 Å². The van der Waals surface area contributed by atoms with Gasteiger partial charge < -0.3 is 19.8 Å². The lowest BCUT2D eigenvalue weighted by molar-refractivity contribution is -0.159. The van der Waals surface area contributed by atoms with Gasteiger partial charge in [0.25, 0.3) is 0 Å².